The fraction of sp³-hybridized carbons (Fsp3) is 0.0526. The van der Waals surface area contributed by atoms with Gasteiger partial charge in [-0.25, -0.2) is 9.97 Å². The van der Waals surface area contributed by atoms with Gasteiger partial charge in [-0.05, 0) is 97.9 Å². The van der Waals surface area contributed by atoms with E-state index in [1.165, 1.54) is 71.3 Å². The molecule has 60 heavy (non-hydrogen) atoms. The van der Waals surface area contributed by atoms with Crippen LogP contribution in [0, 0.1) is 0 Å². The fourth-order valence-electron chi connectivity index (χ4n) is 9.80. The first-order chi connectivity index (χ1) is 29.5. The van der Waals surface area contributed by atoms with Crippen LogP contribution in [0.4, 0.5) is 0 Å². The number of para-hydroxylation sites is 3. The molecule has 1 aliphatic rings. The summed E-state index contributed by atoms with van der Waals surface area (Å²) in [5.74, 6) is 0.717. The van der Waals surface area contributed by atoms with Crippen molar-refractivity contribution in [1.29, 1.82) is 0 Å². The van der Waals surface area contributed by atoms with Crippen LogP contribution in [0.15, 0.2) is 200 Å². The minimum absolute atomic E-state index is 0.149. The zero-order valence-electron chi connectivity index (χ0n) is 33.4. The summed E-state index contributed by atoms with van der Waals surface area (Å²) in [6, 6.07) is 72.4. The number of aromatic nitrogens is 3. The molecule has 0 saturated carbocycles. The van der Waals surface area contributed by atoms with Crippen molar-refractivity contribution >= 4 is 43.4 Å². The van der Waals surface area contributed by atoms with E-state index >= 15 is 0 Å². The third-order valence-corrected chi connectivity index (χ3v) is 12.8. The highest BCUT2D eigenvalue weighted by molar-refractivity contribution is 6.14. The van der Waals surface area contributed by atoms with Crippen LogP contribution in [0.5, 0.6) is 0 Å². The van der Waals surface area contributed by atoms with Gasteiger partial charge in [0, 0.05) is 44.1 Å². The van der Waals surface area contributed by atoms with Crippen molar-refractivity contribution in [2.75, 3.05) is 0 Å². The molecule has 0 atom stereocenters. The topological polar surface area (TPSA) is 30.7 Å². The summed E-state index contributed by atoms with van der Waals surface area (Å²) >= 11 is 0. The second-order valence-electron chi connectivity index (χ2n) is 16.6. The zero-order valence-corrected chi connectivity index (χ0v) is 33.4. The Hall–Kier alpha value is -7.62. The number of nitrogens with zero attached hydrogens (tertiary/aromatic N) is 3. The molecule has 0 bridgehead atoms. The highest BCUT2D eigenvalue weighted by Gasteiger charge is 2.37. The molecule has 0 aliphatic heterocycles. The molecule has 3 nitrogen and oxygen atoms in total. The molecule has 0 unspecified atom stereocenters. The average molecular weight is 766 g/mol. The van der Waals surface area contributed by atoms with Crippen molar-refractivity contribution in [3.8, 4) is 61.8 Å². The van der Waals surface area contributed by atoms with E-state index in [-0.39, 0.29) is 5.41 Å². The van der Waals surface area contributed by atoms with Crippen LogP contribution in [0.2, 0.25) is 0 Å². The highest BCUT2D eigenvalue weighted by atomic mass is 15.0. The normalized spacial score (nSPS) is 13.0. The number of benzene rings is 9. The lowest BCUT2D eigenvalue weighted by Crippen LogP contribution is -2.14. The maximum absolute atomic E-state index is 5.32. The molecule has 0 fully saturated rings. The van der Waals surface area contributed by atoms with Crippen molar-refractivity contribution < 1.29 is 0 Å². The third-order valence-electron chi connectivity index (χ3n) is 12.8. The first-order valence-electron chi connectivity index (χ1n) is 20.7. The Morgan fingerprint density at radius 2 is 1.02 bits per heavy atom. The molecule has 2 aromatic heterocycles. The molecule has 0 spiro atoms. The lowest BCUT2D eigenvalue weighted by molar-refractivity contribution is 0.661. The molecule has 0 amide bonds. The molecule has 12 rings (SSSR count). The van der Waals surface area contributed by atoms with Crippen LogP contribution < -0.4 is 0 Å². The van der Waals surface area contributed by atoms with Crippen molar-refractivity contribution in [3.63, 3.8) is 0 Å². The SMILES string of the molecule is CC1(C)c2cc3ccccc3cc2-c2c(-c3cc(-c4ccc5cc(-c6cccc7c8ccccc8n(-c8ccccc8)c67)ccc5c4)nc(-c4ccccc4)n3)cccc21. The van der Waals surface area contributed by atoms with Crippen molar-refractivity contribution in [2.45, 2.75) is 19.3 Å². The largest absolute Gasteiger partial charge is 0.309 e. The Morgan fingerprint density at radius 3 is 1.83 bits per heavy atom. The molecule has 282 valence electrons. The Morgan fingerprint density at radius 1 is 0.400 bits per heavy atom. The first kappa shape index (κ1) is 34.4. The summed E-state index contributed by atoms with van der Waals surface area (Å²) < 4.78 is 2.41. The van der Waals surface area contributed by atoms with Gasteiger partial charge in [0.2, 0.25) is 0 Å². The van der Waals surface area contributed by atoms with Crippen LogP contribution >= 0.6 is 0 Å². The van der Waals surface area contributed by atoms with Crippen molar-refractivity contribution in [3.05, 3.63) is 211 Å². The molecule has 2 heterocycles. The van der Waals surface area contributed by atoms with E-state index in [1.807, 2.05) is 6.07 Å². The molecule has 0 N–H and O–H groups in total. The standard InChI is InChI=1S/C57H39N3/c1-57(2)49-25-14-24-47(54(49)48-33-37-17-9-10-18-38(37)34-50(48)57)52-35-51(58-56(59-52)36-15-5-3-6-16-36)42-30-28-39-31-41(29-27-40(39)32-42)44-22-13-23-46-45-21-11-12-26-53(45)60(55(44)46)43-19-7-4-8-20-43/h3-35H,1-2H3. The van der Waals surface area contributed by atoms with E-state index < -0.39 is 0 Å². The van der Waals surface area contributed by atoms with Gasteiger partial charge in [-0.2, -0.15) is 0 Å². The van der Waals surface area contributed by atoms with Gasteiger partial charge in [-0.3, -0.25) is 0 Å². The maximum Gasteiger partial charge on any atom is 0.160 e. The minimum Gasteiger partial charge on any atom is -0.309 e. The minimum atomic E-state index is -0.149. The van der Waals surface area contributed by atoms with E-state index in [9.17, 15) is 0 Å². The number of rotatable bonds is 5. The van der Waals surface area contributed by atoms with Crippen LogP contribution in [-0.2, 0) is 5.41 Å². The van der Waals surface area contributed by atoms with Crippen LogP contribution in [-0.4, -0.2) is 14.5 Å². The van der Waals surface area contributed by atoms with Gasteiger partial charge in [0.25, 0.3) is 0 Å². The molecule has 1 aliphatic carbocycles. The van der Waals surface area contributed by atoms with Gasteiger partial charge in [0.15, 0.2) is 5.82 Å². The lowest BCUT2D eigenvalue weighted by Gasteiger charge is -2.22. The monoisotopic (exact) mass is 765 g/mol. The summed E-state index contributed by atoms with van der Waals surface area (Å²) in [7, 11) is 0. The third kappa shape index (κ3) is 5.29. The zero-order chi connectivity index (χ0) is 40.0. The fourth-order valence-corrected chi connectivity index (χ4v) is 9.80. The second kappa shape index (κ2) is 13.2. The number of fused-ring (bicyclic) bond motifs is 8. The number of hydrogen-bond acceptors (Lipinski definition) is 2. The Bertz CT molecular complexity index is 3500. The van der Waals surface area contributed by atoms with Gasteiger partial charge in [-0.15, -0.1) is 0 Å². The van der Waals surface area contributed by atoms with Crippen LogP contribution in [0.25, 0.3) is 105 Å². The second-order valence-corrected chi connectivity index (χ2v) is 16.6. The van der Waals surface area contributed by atoms with Gasteiger partial charge < -0.3 is 4.57 Å². The predicted octanol–water partition coefficient (Wildman–Crippen LogP) is 14.9. The maximum atomic E-state index is 5.32. The van der Waals surface area contributed by atoms with Crippen LogP contribution in [0.1, 0.15) is 25.0 Å². The van der Waals surface area contributed by atoms with Crippen LogP contribution in [0.3, 0.4) is 0 Å². The van der Waals surface area contributed by atoms with E-state index in [2.05, 4.69) is 213 Å². The Kier molecular flexibility index (Phi) is 7.58. The van der Waals surface area contributed by atoms with Gasteiger partial charge in [0.1, 0.15) is 0 Å². The smallest absolute Gasteiger partial charge is 0.160 e. The molecule has 0 saturated heterocycles. The predicted molar refractivity (Wildman–Crippen MR) is 251 cm³/mol. The van der Waals surface area contributed by atoms with Crippen molar-refractivity contribution in [2.24, 2.45) is 0 Å². The van der Waals surface area contributed by atoms with E-state index in [1.54, 1.807) is 0 Å². The molecule has 0 radical (unpaired) electrons. The highest BCUT2D eigenvalue weighted by Crippen LogP contribution is 2.53. The summed E-state index contributed by atoms with van der Waals surface area (Å²) in [5.41, 5.74) is 16.0. The molecular formula is C57H39N3. The van der Waals surface area contributed by atoms with Gasteiger partial charge >= 0.3 is 0 Å². The Balaban J connectivity index is 1.01. The summed E-state index contributed by atoms with van der Waals surface area (Å²) in [6.45, 7) is 4.70. The van der Waals surface area contributed by atoms with Crippen molar-refractivity contribution in [1.82, 2.24) is 14.5 Å². The molecule has 3 heteroatoms. The Labute approximate surface area is 348 Å². The molecular weight excluding hydrogens is 727 g/mol. The van der Waals surface area contributed by atoms with Gasteiger partial charge in [0.05, 0.1) is 22.4 Å². The van der Waals surface area contributed by atoms with E-state index in [0.29, 0.717) is 5.82 Å². The number of hydrogen-bond donors (Lipinski definition) is 0. The van der Waals surface area contributed by atoms with E-state index in [4.69, 9.17) is 9.97 Å². The van der Waals surface area contributed by atoms with E-state index in [0.717, 1.165) is 39.2 Å². The summed E-state index contributed by atoms with van der Waals surface area (Å²) in [6.07, 6.45) is 0. The quantitative estimate of drug-likeness (QED) is 0.175. The summed E-state index contributed by atoms with van der Waals surface area (Å²) in [4.78, 5) is 10.6. The first-order valence-corrected chi connectivity index (χ1v) is 20.7. The lowest BCUT2D eigenvalue weighted by atomic mass is 9.81. The average Bonchev–Trinajstić information content (AvgIpc) is 3.76. The van der Waals surface area contributed by atoms with Gasteiger partial charge in [-0.1, -0.05) is 166 Å². The molecule has 11 aromatic rings. The summed E-state index contributed by atoms with van der Waals surface area (Å²) in [5, 5.41) is 7.37. The molecule has 9 aromatic carbocycles.